The van der Waals surface area contributed by atoms with Crippen molar-refractivity contribution >= 4 is 9.84 Å². The molecule has 0 aliphatic rings. The molecule has 0 aliphatic carbocycles. The highest BCUT2D eigenvalue weighted by Crippen LogP contribution is 2.33. The molecule has 1 aromatic rings. The van der Waals surface area contributed by atoms with E-state index in [0.29, 0.717) is 0 Å². The summed E-state index contributed by atoms with van der Waals surface area (Å²) < 4.78 is 23.4. The van der Waals surface area contributed by atoms with Gasteiger partial charge in [0.15, 0.2) is 9.84 Å². The van der Waals surface area contributed by atoms with Crippen molar-refractivity contribution in [1.82, 2.24) is 5.32 Å². The van der Waals surface area contributed by atoms with Crippen molar-refractivity contribution in [2.24, 2.45) is 0 Å². The molecule has 0 saturated carbocycles. The van der Waals surface area contributed by atoms with Gasteiger partial charge in [0, 0.05) is 6.26 Å². The van der Waals surface area contributed by atoms with Crippen LogP contribution in [-0.2, 0) is 9.84 Å². The number of aryl methyl sites for hydroxylation is 2. The second-order valence-electron chi connectivity index (χ2n) is 6.11. The molecule has 0 heterocycles. The van der Waals surface area contributed by atoms with Gasteiger partial charge in [-0.15, -0.1) is 0 Å². The van der Waals surface area contributed by atoms with Crippen molar-refractivity contribution in [3.63, 3.8) is 0 Å². The van der Waals surface area contributed by atoms with Gasteiger partial charge in [-0.3, -0.25) is 0 Å². The Labute approximate surface area is 123 Å². The molecule has 114 valence electrons. The van der Waals surface area contributed by atoms with Gasteiger partial charge in [0.05, 0.1) is 10.8 Å². The average Bonchev–Trinajstić information content (AvgIpc) is 2.32. The van der Waals surface area contributed by atoms with E-state index in [1.54, 1.807) is 13.8 Å². The summed E-state index contributed by atoms with van der Waals surface area (Å²) in [4.78, 5) is 0. The van der Waals surface area contributed by atoms with Gasteiger partial charge in [-0.05, 0) is 57.4 Å². The predicted molar refractivity (Wildman–Crippen MR) is 85.9 cm³/mol. The Morgan fingerprint density at radius 2 is 1.80 bits per heavy atom. The molecule has 0 aromatic heterocycles. The van der Waals surface area contributed by atoms with E-state index in [2.05, 4.69) is 38.2 Å². The quantitative estimate of drug-likeness (QED) is 0.877. The third kappa shape index (κ3) is 3.61. The van der Waals surface area contributed by atoms with E-state index in [1.807, 2.05) is 6.07 Å². The Hall–Kier alpha value is -0.870. The van der Waals surface area contributed by atoms with Gasteiger partial charge in [-0.25, -0.2) is 8.42 Å². The molecule has 1 atom stereocenters. The van der Waals surface area contributed by atoms with Crippen LogP contribution in [0, 0.1) is 13.8 Å². The number of hydrogen-bond acceptors (Lipinski definition) is 3. The lowest BCUT2D eigenvalue weighted by Crippen LogP contribution is -2.45. The largest absolute Gasteiger partial charge is 0.309 e. The van der Waals surface area contributed by atoms with Gasteiger partial charge in [0.1, 0.15) is 0 Å². The second-order valence-corrected chi connectivity index (χ2v) is 8.70. The molecular weight excluding hydrogens is 270 g/mol. The van der Waals surface area contributed by atoms with E-state index < -0.39 is 14.6 Å². The lowest BCUT2D eigenvalue weighted by molar-refractivity contribution is 0.420. The number of rotatable bonds is 6. The van der Waals surface area contributed by atoms with Crippen molar-refractivity contribution in [2.75, 3.05) is 12.8 Å². The van der Waals surface area contributed by atoms with E-state index in [9.17, 15) is 8.42 Å². The molecule has 1 unspecified atom stereocenters. The zero-order valence-electron chi connectivity index (χ0n) is 13.4. The Balaban J connectivity index is 3.28. The molecule has 4 heteroatoms. The summed E-state index contributed by atoms with van der Waals surface area (Å²) >= 11 is 0. The molecule has 3 nitrogen and oxygen atoms in total. The van der Waals surface area contributed by atoms with E-state index in [1.165, 1.54) is 17.4 Å². The average molecular weight is 297 g/mol. The highest BCUT2D eigenvalue weighted by atomic mass is 32.2. The van der Waals surface area contributed by atoms with Gasteiger partial charge in [0.2, 0.25) is 0 Å². The molecule has 0 bridgehead atoms. The molecule has 20 heavy (non-hydrogen) atoms. The molecule has 0 saturated heterocycles. The Bertz CT molecular complexity index is 562. The maximum atomic E-state index is 12.1. The highest BCUT2D eigenvalue weighted by molar-refractivity contribution is 7.92. The van der Waals surface area contributed by atoms with Crippen LogP contribution < -0.4 is 5.32 Å². The maximum Gasteiger partial charge on any atom is 0.154 e. The first-order valence-electron chi connectivity index (χ1n) is 7.11. The van der Waals surface area contributed by atoms with Crippen LogP contribution in [0.3, 0.4) is 0 Å². The summed E-state index contributed by atoms with van der Waals surface area (Å²) in [5.41, 5.74) is 3.45. The molecule has 1 N–H and O–H groups in total. The van der Waals surface area contributed by atoms with Crippen LogP contribution >= 0.6 is 0 Å². The van der Waals surface area contributed by atoms with Crippen molar-refractivity contribution in [3.05, 3.63) is 34.9 Å². The first kappa shape index (κ1) is 17.2. The van der Waals surface area contributed by atoms with Crippen LogP contribution in [0.25, 0.3) is 0 Å². The fraction of sp³-hybridized carbons (Fsp3) is 0.625. The molecule has 0 aliphatic heterocycles. The van der Waals surface area contributed by atoms with Gasteiger partial charge in [-0.1, -0.05) is 25.1 Å². The summed E-state index contributed by atoms with van der Waals surface area (Å²) in [6, 6.07) is 5.98. The number of nitrogens with one attached hydrogen (secondary N) is 1. The molecule has 0 spiro atoms. The van der Waals surface area contributed by atoms with Crippen LogP contribution in [-0.4, -0.2) is 26.0 Å². The Morgan fingerprint density at radius 1 is 1.20 bits per heavy atom. The molecule has 0 amide bonds. The zero-order valence-corrected chi connectivity index (χ0v) is 14.3. The van der Waals surface area contributed by atoms with Crippen molar-refractivity contribution in [1.29, 1.82) is 0 Å². The van der Waals surface area contributed by atoms with Crippen LogP contribution in [0.15, 0.2) is 18.2 Å². The molecule has 1 aromatic carbocycles. The van der Waals surface area contributed by atoms with E-state index in [4.69, 9.17) is 0 Å². The molecule has 1 rings (SSSR count). The monoisotopic (exact) mass is 297 g/mol. The minimum absolute atomic E-state index is 0.197. The van der Waals surface area contributed by atoms with Crippen molar-refractivity contribution in [2.45, 2.75) is 51.8 Å². The van der Waals surface area contributed by atoms with E-state index >= 15 is 0 Å². The fourth-order valence-electron chi connectivity index (χ4n) is 2.21. The lowest BCUT2D eigenvalue weighted by Gasteiger charge is -2.34. The van der Waals surface area contributed by atoms with Crippen molar-refractivity contribution in [3.8, 4) is 0 Å². The third-order valence-corrected chi connectivity index (χ3v) is 6.26. The molecule has 0 radical (unpaired) electrons. The van der Waals surface area contributed by atoms with Gasteiger partial charge in [0.25, 0.3) is 0 Å². The highest BCUT2D eigenvalue weighted by Gasteiger charge is 2.39. The van der Waals surface area contributed by atoms with Crippen LogP contribution in [0.5, 0.6) is 0 Å². The lowest BCUT2D eigenvalue weighted by atomic mass is 9.92. The summed E-state index contributed by atoms with van der Waals surface area (Å²) in [5, 5.41) is 3.40. The van der Waals surface area contributed by atoms with Gasteiger partial charge >= 0.3 is 0 Å². The summed E-state index contributed by atoms with van der Waals surface area (Å²) in [7, 11) is -3.17. The van der Waals surface area contributed by atoms with E-state index in [-0.39, 0.29) is 6.04 Å². The van der Waals surface area contributed by atoms with Gasteiger partial charge < -0.3 is 5.32 Å². The van der Waals surface area contributed by atoms with Gasteiger partial charge in [-0.2, -0.15) is 0 Å². The SMILES string of the molecule is CCCNC(c1ccc(C)c(C)c1)C(C)(C)S(C)(=O)=O. The predicted octanol–water partition coefficient (Wildman–Crippen LogP) is 3.17. The first-order valence-corrected chi connectivity index (χ1v) is 9.00. The number of hydrogen-bond donors (Lipinski definition) is 1. The summed E-state index contributed by atoms with van der Waals surface area (Å²) in [6.45, 7) is 10.6. The molecular formula is C16H27NO2S. The maximum absolute atomic E-state index is 12.1. The standard InChI is InChI=1S/C16H27NO2S/c1-7-10-17-15(16(4,5)20(6,18)19)14-9-8-12(2)13(3)11-14/h8-9,11,15,17H,7,10H2,1-6H3. The third-order valence-electron chi connectivity index (χ3n) is 4.11. The van der Waals surface area contributed by atoms with Crippen LogP contribution in [0.4, 0.5) is 0 Å². The normalized spacial score (nSPS) is 14.3. The first-order chi connectivity index (χ1) is 9.11. The van der Waals surface area contributed by atoms with Crippen LogP contribution in [0.1, 0.15) is 49.9 Å². The Morgan fingerprint density at radius 3 is 2.25 bits per heavy atom. The molecule has 0 fully saturated rings. The fourth-order valence-corrected chi connectivity index (χ4v) is 2.86. The topological polar surface area (TPSA) is 46.2 Å². The minimum Gasteiger partial charge on any atom is -0.309 e. The Kier molecular flexibility index (Phi) is 5.39. The summed E-state index contributed by atoms with van der Waals surface area (Å²) in [5.74, 6) is 0. The smallest absolute Gasteiger partial charge is 0.154 e. The number of benzene rings is 1. The van der Waals surface area contributed by atoms with Crippen molar-refractivity contribution < 1.29 is 8.42 Å². The summed E-state index contributed by atoms with van der Waals surface area (Å²) in [6.07, 6.45) is 2.29. The van der Waals surface area contributed by atoms with Crippen LogP contribution in [0.2, 0.25) is 0 Å². The van der Waals surface area contributed by atoms with E-state index in [0.717, 1.165) is 18.5 Å². The zero-order chi connectivity index (χ0) is 15.6. The minimum atomic E-state index is -3.17. The second kappa shape index (κ2) is 6.27. The number of sulfone groups is 1.